The first-order valence-electron chi connectivity index (χ1n) is 8.94. The highest BCUT2D eigenvalue weighted by Crippen LogP contribution is 2.58. The lowest BCUT2D eigenvalue weighted by molar-refractivity contribution is -0.136. The molecule has 0 aromatic carbocycles. The number of hydrogen-bond acceptors (Lipinski definition) is 2. The Morgan fingerprint density at radius 3 is 2.73 bits per heavy atom. The van der Waals surface area contributed by atoms with E-state index >= 15 is 0 Å². The highest BCUT2D eigenvalue weighted by atomic mass is 19.4. The Morgan fingerprint density at radius 1 is 1.38 bits per heavy atom. The summed E-state index contributed by atoms with van der Waals surface area (Å²) < 4.78 is 39.4. The molecule has 2 bridgehead atoms. The minimum atomic E-state index is -4.48. The molecule has 2 aromatic heterocycles. The normalized spacial score (nSPS) is 30.1. The third kappa shape index (κ3) is 2.59. The van der Waals surface area contributed by atoms with Gasteiger partial charge in [0.15, 0.2) is 0 Å². The number of carbonyl (C=O) groups excluding carboxylic acids is 1. The molecular formula is C19H22F3N3O. The lowest BCUT2D eigenvalue weighted by Gasteiger charge is -2.39. The number of nitrogens with one attached hydrogen (secondary N) is 2. The van der Waals surface area contributed by atoms with E-state index in [1.54, 1.807) is 0 Å². The van der Waals surface area contributed by atoms with Crippen LogP contribution in [0.3, 0.4) is 0 Å². The molecule has 2 saturated carbocycles. The van der Waals surface area contributed by atoms with Crippen molar-refractivity contribution < 1.29 is 18.0 Å². The van der Waals surface area contributed by atoms with Crippen LogP contribution in [0.2, 0.25) is 0 Å². The fourth-order valence-electron chi connectivity index (χ4n) is 5.31. The van der Waals surface area contributed by atoms with Gasteiger partial charge in [0.1, 0.15) is 11.3 Å². The second-order valence-electron chi connectivity index (χ2n) is 8.45. The highest BCUT2D eigenvalue weighted by Gasteiger charge is 2.54. The van der Waals surface area contributed by atoms with Gasteiger partial charge in [-0.2, -0.15) is 13.2 Å². The van der Waals surface area contributed by atoms with Crippen LogP contribution in [0.5, 0.6) is 0 Å². The van der Waals surface area contributed by atoms with Crippen LogP contribution < -0.4 is 5.32 Å². The number of aromatic amines is 1. The number of pyridine rings is 1. The minimum absolute atomic E-state index is 0.0713. The molecule has 26 heavy (non-hydrogen) atoms. The molecule has 140 valence electrons. The number of alkyl halides is 3. The summed E-state index contributed by atoms with van der Waals surface area (Å²) in [5.74, 6) is 1.00. The summed E-state index contributed by atoms with van der Waals surface area (Å²) in [6, 6.07) is 2.25. The third-order valence-electron chi connectivity index (χ3n) is 6.44. The van der Waals surface area contributed by atoms with E-state index in [1.807, 2.05) is 0 Å². The van der Waals surface area contributed by atoms with Gasteiger partial charge in [0.05, 0.1) is 5.56 Å². The average Bonchev–Trinajstić information content (AvgIpc) is 3.18. The van der Waals surface area contributed by atoms with Gasteiger partial charge in [0.2, 0.25) is 0 Å². The van der Waals surface area contributed by atoms with Gasteiger partial charge in [-0.05, 0) is 48.1 Å². The molecule has 4 nitrogen and oxygen atoms in total. The van der Waals surface area contributed by atoms with Gasteiger partial charge in [-0.1, -0.05) is 20.8 Å². The summed E-state index contributed by atoms with van der Waals surface area (Å²) in [5.41, 5.74) is -0.295. The molecule has 1 unspecified atom stereocenters. The quantitative estimate of drug-likeness (QED) is 0.830. The molecule has 0 aliphatic heterocycles. The molecule has 2 aliphatic carbocycles. The third-order valence-corrected chi connectivity index (χ3v) is 6.44. The second kappa shape index (κ2) is 5.47. The maximum atomic E-state index is 13.1. The summed E-state index contributed by atoms with van der Waals surface area (Å²) in [7, 11) is 0. The molecule has 2 N–H and O–H groups in total. The van der Waals surface area contributed by atoms with Crippen molar-refractivity contribution >= 4 is 16.9 Å². The summed E-state index contributed by atoms with van der Waals surface area (Å²) in [5, 5.41) is 2.98. The van der Waals surface area contributed by atoms with Crippen molar-refractivity contribution in [3.8, 4) is 0 Å². The van der Waals surface area contributed by atoms with Crippen molar-refractivity contribution in [1.82, 2.24) is 15.3 Å². The first-order valence-corrected chi connectivity index (χ1v) is 8.94. The fourth-order valence-corrected chi connectivity index (χ4v) is 5.31. The molecule has 7 heteroatoms. The van der Waals surface area contributed by atoms with Crippen LogP contribution in [0.1, 0.15) is 49.7 Å². The molecule has 4 atom stereocenters. The first kappa shape index (κ1) is 17.4. The molecule has 1 amide bonds. The number of hydrogen-bond donors (Lipinski definition) is 2. The number of fused-ring (bicyclic) bond motifs is 3. The van der Waals surface area contributed by atoms with E-state index in [0.717, 1.165) is 25.1 Å². The Bertz CT molecular complexity index is 869. The molecule has 2 aliphatic rings. The van der Waals surface area contributed by atoms with E-state index in [0.29, 0.717) is 17.8 Å². The Balaban J connectivity index is 1.58. The topological polar surface area (TPSA) is 57.8 Å². The summed E-state index contributed by atoms with van der Waals surface area (Å²) in [6.45, 7) is 6.70. The summed E-state index contributed by atoms with van der Waals surface area (Å²) >= 11 is 0. The number of carbonyl (C=O) groups is 1. The smallest absolute Gasteiger partial charge is 0.347 e. The van der Waals surface area contributed by atoms with E-state index in [4.69, 9.17) is 0 Å². The van der Waals surface area contributed by atoms with Crippen molar-refractivity contribution in [1.29, 1.82) is 0 Å². The Hall–Kier alpha value is -2.05. The number of H-pyrrole nitrogens is 1. The Kier molecular flexibility index (Phi) is 3.66. The lowest BCUT2D eigenvalue weighted by Crippen LogP contribution is -2.46. The van der Waals surface area contributed by atoms with Crippen LogP contribution in [-0.2, 0) is 6.18 Å². The van der Waals surface area contributed by atoms with E-state index in [2.05, 4.69) is 36.1 Å². The van der Waals surface area contributed by atoms with Crippen LogP contribution in [-0.4, -0.2) is 21.9 Å². The summed E-state index contributed by atoms with van der Waals surface area (Å²) in [6.07, 6.45) is -1.21. The predicted molar refractivity (Wildman–Crippen MR) is 91.5 cm³/mol. The van der Waals surface area contributed by atoms with Crippen molar-refractivity contribution in [2.24, 2.45) is 23.2 Å². The highest BCUT2D eigenvalue weighted by molar-refractivity contribution is 5.98. The fraction of sp³-hybridized carbons (Fsp3) is 0.579. The predicted octanol–water partition coefficient (Wildman–Crippen LogP) is 4.38. The van der Waals surface area contributed by atoms with Crippen LogP contribution >= 0.6 is 0 Å². The van der Waals surface area contributed by atoms with E-state index < -0.39 is 11.7 Å². The van der Waals surface area contributed by atoms with Crippen LogP contribution in [0.15, 0.2) is 18.3 Å². The molecule has 0 saturated heterocycles. The van der Waals surface area contributed by atoms with Crippen molar-refractivity contribution in [2.45, 2.75) is 45.8 Å². The van der Waals surface area contributed by atoms with Crippen molar-refractivity contribution in [3.63, 3.8) is 0 Å². The zero-order valence-electron chi connectivity index (χ0n) is 14.9. The maximum Gasteiger partial charge on any atom is 0.417 e. The SMILES string of the molecule is C[C@@H]1[C@@H](NC(=O)c2cc3c(C(F)(F)F)ccnc3[nH]2)C2C[C@@H]1C(C)(C)C2. The Labute approximate surface area is 149 Å². The average molecular weight is 365 g/mol. The molecule has 0 spiro atoms. The molecule has 2 aromatic rings. The number of aromatic nitrogens is 2. The zero-order chi connectivity index (χ0) is 18.9. The first-order chi connectivity index (χ1) is 12.1. The molecule has 2 fully saturated rings. The molecule has 4 rings (SSSR count). The molecule has 0 radical (unpaired) electrons. The standard InChI is InChI=1S/C19H22F3N3O/c1-9-13-6-10(8-18(13,2)3)15(9)25-17(26)14-7-11-12(19(20,21)22)4-5-23-16(11)24-14/h4-5,7,9-10,13,15H,6,8H2,1-3H3,(H,23,24)(H,25,26)/t9-,10?,13-,15+/m0/s1. The van der Waals surface area contributed by atoms with Gasteiger partial charge in [-0.15, -0.1) is 0 Å². The van der Waals surface area contributed by atoms with Crippen LogP contribution in [0.25, 0.3) is 11.0 Å². The van der Waals surface area contributed by atoms with Gasteiger partial charge in [-0.3, -0.25) is 4.79 Å². The van der Waals surface area contributed by atoms with Gasteiger partial charge >= 0.3 is 6.18 Å². The van der Waals surface area contributed by atoms with Crippen molar-refractivity contribution in [2.75, 3.05) is 0 Å². The van der Waals surface area contributed by atoms with E-state index in [1.165, 1.54) is 6.07 Å². The van der Waals surface area contributed by atoms with Gasteiger partial charge in [0, 0.05) is 17.6 Å². The monoisotopic (exact) mass is 365 g/mol. The summed E-state index contributed by atoms with van der Waals surface area (Å²) in [4.78, 5) is 19.3. The van der Waals surface area contributed by atoms with Crippen LogP contribution in [0, 0.1) is 23.2 Å². The Morgan fingerprint density at radius 2 is 2.12 bits per heavy atom. The number of nitrogens with zero attached hydrogens (tertiary/aromatic N) is 1. The second-order valence-corrected chi connectivity index (χ2v) is 8.45. The van der Waals surface area contributed by atoms with Gasteiger partial charge < -0.3 is 10.3 Å². The van der Waals surface area contributed by atoms with Gasteiger partial charge in [-0.25, -0.2) is 4.98 Å². The minimum Gasteiger partial charge on any atom is -0.347 e. The van der Waals surface area contributed by atoms with Crippen LogP contribution in [0.4, 0.5) is 13.2 Å². The number of rotatable bonds is 2. The number of amides is 1. The largest absolute Gasteiger partial charge is 0.417 e. The number of halogens is 3. The van der Waals surface area contributed by atoms with Gasteiger partial charge in [0.25, 0.3) is 5.91 Å². The lowest BCUT2D eigenvalue weighted by atomic mass is 9.70. The van der Waals surface area contributed by atoms with E-state index in [9.17, 15) is 18.0 Å². The zero-order valence-corrected chi connectivity index (χ0v) is 14.9. The molecular weight excluding hydrogens is 343 g/mol. The maximum absolute atomic E-state index is 13.1. The molecule has 2 heterocycles. The van der Waals surface area contributed by atoms with Crippen molar-refractivity contribution in [3.05, 3.63) is 29.6 Å². The van der Waals surface area contributed by atoms with E-state index in [-0.39, 0.29) is 34.1 Å².